The summed E-state index contributed by atoms with van der Waals surface area (Å²) in [6.07, 6.45) is 0. The highest BCUT2D eigenvalue weighted by Crippen LogP contribution is 2.19. The molecule has 0 radical (unpaired) electrons. The molecule has 1 aliphatic heterocycles. The minimum atomic E-state index is -3.51. The Morgan fingerprint density at radius 1 is 1.15 bits per heavy atom. The van der Waals surface area contributed by atoms with Gasteiger partial charge in [-0.25, -0.2) is 8.42 Å². The van der Waals surface area contributed by atoms with Gasteiger partial charge in [-0.2, -0.15) is 4.31 Å². The highest BCUT2D eigenvalue weighted by atomic mass is 32.2. The van der Waals surface area contributed by atoms with Gasteiger partial charge in [-0.05, 0) is 32.9 Å². The summed E-state index contributed by atoms with van der Waals surface area (Å²) in [7, 11) is -3.51. The highest BCUT2D eigenvalue weighted by molar-refractivity contribution is 7.89. The third-order valence-electron chi connectivity index (χ3n) is 4.74. The number of hydrogen-bond donors (Lipinski definition) is 1. The first kappa shape index (κ1) is 19.5. The van der Waals surface area contributed by atoms with Crippen LogP contribution in [0.15, 0.2) is 39.8 Å². The number of sulfonamides is 1. The molecule has 2 aromatic rings. The average Bonchev–Trinajstić information content (AvgIpc) is 3.06. The Hall–Kier alpha value is -2.23. The van der Waals surface area contributed by atoms with E-state index in [0.717, 1.165) is 5.56 Å². The van der Waals surface area contributed by atoms with Crippen LogP contribution in [0.1, 0.15) is 18.2 Å². The number of nitrogens with zero attached hydrogens (tertiary/aromatic N) is 3. The van der Waals surface area contributed by atoms with Crippen molar-refractivity contribution in [1.29, 1.82) is 0 Å². The number of aromatic nitrogens is 1. The van der Waals surface area contributed by atoms with Crippen molar-refractivity contribution in [2.75, 3.05) is 31.5 Å². The number of carbonyl (C=O) groups is 1. The van der Waals surface area contributed by atoms with Gasteiger partial charge < -0.3 is 9.84 Å². The van der Waals surface area contributed by atoms with Crippen molar-refractivity contribution in [3.8, 4) is 0 Å². The van der Waals surface area contributed by atoms with Crippen LogP contribution in [0.5, 0.6) is 0 Å². The molecule has 2 heterocycles. The van der Waals surface area contributed by atoms with Gasteiger partial charge in [0.05, 0.1) is 10.9 Å². The third kappa shape index (κ3) is 4.37. The second kappa shape index (κ2) is 7.79. The standard InChI is InChI=1S/C18H24N4O4S/c1-13-4-6-16(7-5-13)27(24,25)22-10-8-21(9-11-22)15(3)18(23)19-17-12-14(2)26-20-17/h4-7,12,15H,8-11H2,1-3H3,(H,19,20,23)/t15-/m0/s1. The Morgan fingerprint density at radius 3 is 2.33 bits per heavy atom. The van der Waals surface area contributed by atoms with Crippen molar-refractivity contribution in [2.45, 2.75) is 31.7 Å². The molecule has 0 aliphatic carbocycles. The lowest BCUT2D eigenvalue weighted by Crippen LogP contribution is -2.53. The number of amides is 1. The number of carbonyl (C=O) groups excluding carboxylic acids is 1. The van der Waals surface area contributed by atoms with Gasteiger partial charge in [0.2, 0.25) is 15.9 Å². The Labute approximate surface area is 159 Å². The van der Waals surface area contributed by atoms with Crippen molar-refractivity contribution < 1.29 is 17.7 Å². The van der Waals surface area contributed by atoms with Crippen molar-refractivity contribution in [2.24, 2.45) is 0 Å². The topological polar surface area (TPSA) is 95.8 Å². The van der Waals surface area contributed by atoms with E-state index in [-0.39, 0.29) is 5.91 Å². The van der Waals surface area contributed by atoms with E-state index >= 15 is 0 Å². The SMILES string of the molecule is Cc1ccc(S(=O)(=O)N2CCN([C@@H](C)C(=O)Nc3cc(C)on3)CC2)cc1. The normalized spacial score (nSPS) is 17.6. The fourth-order valence-corrected chi connectivity index (χ4v) is 4.43. The maximum absolute atomic E-state index is 12.8. The number of aryl methyl sites for hydroxylation is 2. The van der Waals surface area contributed by atoms with Crippen LogP contribution >= 0.6 is 0 Å². The van der Waals surface area contributed by atoms with Crippen LogP contribution in [0.25, 0.3) is 0 Å². The maximum atomic E-state index is 12.8. The predicted molar refractivity (Wildman–Crippen MR) is 101 cm³/mol. The van der Waals surface area contributed by atoms with Gasteiger partial charge in [0.25, 0.3) is 0 Å². The molecule has 1 aliphatic rings. The molecule has 0 unspecified atom stereocenters. The molecule has 3 rings (SSSR count). The van der Waals surface area contributed by atoms with Gasteiger partial charge >= 0.3 is 0 Å². The Morgan fingerprint density at radius 2 is 1.78 bits per heavy atom. The molecule has 1 aromatic carbocycles. The minimum absolute atomic E-state index is 0.196. The molecular weight excluding hydrogens is 368 g/mol. The van der Waals surface area contributed by atoms with Crippen LogP contribution in [0.4, 0.5) is 5.82 Å². The lowest BCUT2D eigenvalue weighted by atomic mass is 10.2. The van der Waals surface area contributed by atoms with Gasteiger partial charge in [-0.15, -0.1) is 0 Å². The van der Waals surface area contributed by atoms with E-state index in [9.17, 15) is 13.2 Å². The lowest BCUT2D eigenvalue weighted by molar-refractivity contribution is -0.121. The van der Waals surface area contributed by atoms with Crippen LogP contribution in [0.3, 0.4) is 0 Å². The molecule has 0 bridgehead atoms. The van der Waals surface area contributed by atoms with Gasteiger partial charge in [0, 0.05) is 32.2 Å². The number of piperazine rings is 1. The van der Waals surface area contributed by atoms with Crippen LogP contribution in [-0.2, 0) is 14.8 Å². The van der Waals surface area contributed by atoms with Crippen molar-refractivity contribution in [1.82, 2.24) is 14.4 Å². The van der Waals surface area contributed by atoms with E-state index in [0.29, 0.717) is 42.7 Å². The first-order valence-corrected chi connectivity index (χ1v) is 10.3. The molecule has 8 nitrogen and oxygen atoms in total. The van der Waals surface area contributed by atoms with Crippen molar-refractivity contribution >= 4 is 21.7 Å². The quantitative estimate of drug-likeness (QED) is 0.831. The lowest BCUT2D eigenvalue weighted by Gasteiger charge is -2.36. The number of hydrogen-bond acceptors (Lipinski definition) is 6. The molecule has 1 amide bonds. The first-order chi connectivity index (χ1) is 12.8. The van der Waals surface area contributed by atoms with E-state index in [1.165, 1.54) is 4.31 Å². The fourth-order valence-electron chi connectivity index (χ4n) is 3.01. The molecule has 1 fully saturated rings. The Balaban J connectivity index is 1.59. The molecule has 1 saturated heterocycles. The van der Waals surface area contributed by atoms with E-state index in [1.807, 2.05) is 11.8 Å². The van der Waals surface area contributed by atoms with Crippen molar-refractivity contribution in [3.05, 3.63) is 41.7 Å². The summed E-state index contributed by atoms with van der Waals surface area (Å²) in [5.74, 6) is 0.802. The van der Waals surface area contributed by atoms with E-state index in [2.05, 4.69) is 10.5 Å². The predicted octanol–water partition coefficient (Wildman–Crippen LogP) is 1.62. The number of anilines is 1. The van der Waals surface area contributed by atoms with Crippen LogP contribution in [0, 0.1) is 13.8 Å². The summed E-state index contributed by atoms with van der Waals surface area (Å²) >= 11 is 0. The molecule has 0 saturated carbocycles. The molecule has 0 spiro atoms. The van der Waals surface area contributed by atoms with Crippen molar-refractivity contribution in [3.63, 3.8) is 0 Å². The van der Waals surface area contributed by atoms with E-state index in [1.54, 1.807) is 44.2 Å². The number of benzene rings is 1. The fraction of sp³-hybridized carbons (Fsp3) is 0.444. The minimum Gasteiger partial charge on any atom is -0.360 e. The molecule has 1 aromatic heterocycles. The summed E-state index contributed by atoms with van der Waals surface area (Å²) in [6.45, 7) is 7.12. The second-order valence-corrected chi connectivity index (χ2v) is 8.68. The smallest absolute Gasteiger partial charge is 0.243 e. The summed E-state index contributed by atoms with van der Waals surface area (Å²) in [4.78, 5) is 14.6. The zero-order valence-corrected chi connectivity index (χ0v) is 16.5. The average molecular weight is 392 g/mol. The largest absolute Gasteiger partial charge is 0.360 e. The Kier molecular flexibility index (Phi) is 5.64. The van der Waals surface area contributed by atoms with Gasteiger partial charge in [0.15, 0.2) is 5.82 Å². The molecule has 1 atom stereocenters. The van der Waals surface area contributed by atoms with Crippen LogP contribution < -0.4 is 5.32 Å². The molecule has 146 valence electrons. The summed E-state index contributed by atoms with van der Waals surface area (Å²) in [5, 5.41) is 6.47. The number of rotatable bonds is 5. The number of nitrogens with one attached hydrogen (secondary N) is 1. The van der Waals surface area contributed by atoms with Gasteiger partial charge in [0.1, 0.15) is 5.76 Å². The Bertz CT molecular complexity index is 900. The zero-order valence-electron chi connectivity index (χ0n) is 15.7. The van der Waals surface area contributed by atoms with Gasteiger partial charge in [-0.1, -0.05) is 22.9 Å². The third-order valence-corrected chi connectivity index (χ3v) is 6.65. The van der Waals surface area contributed by atoms with Gasteiger partial charge in [-0.3, -0.25) is 9.69 Å². The summed E-state index contributed by atoms with van der Waals surface area (Å²) < 4.78 is 31.9. The van der Waals surface area contributed by atoms with Crippen LogP contribution in [0.2, 0.25) is 0 Å². The van der Waals surface area contributed by atoms with E-state index in [4.69, 9.17) is 4.52 Å². The second-order valence-electron chi connectivity index (χ2n) is 6.74. The summed E-state index contributed by atoms with van der Waals surface area (Å²) in [5.41, 5.74) is 1.01. The maximum Gasteiger partial charge on any atom is 0.243 e. The summed E-state index contributed by atoms with van der Waals surface area (Å²) in [6, 6.07) is 8.10. The first-order valence-electron chi connectivity index (χ1n) is 8.82. The highest BCUT2D eigenvalue weighted by Gasteiger charge is 2.31. The monoisotopic (exact) mass is 392 g/mol. The molecule has 9 heteroatoms. The molecular formula is C18H24N4O4S. The zero-order chi connectivity index (χ0) is 19.6. The van der Waals surface area contributed by atoms with E-state index < -0.39 is 16.1 Å². The molecule has 1 N–H and O–H groups in total. The van der Waals surface area contributed by atoms with Crippen LogP contribution in [-0.4, -0.2) is 60.9 Å². The molecule has 27 heavy (non-hydrogen) atoms.